The maximum Gasteiger partial charge on any atom is 0.0414 e. The van der Waals surface area contributed by atoms with Crippen molar-refractivity contribution in [3.05, 3.63) is 12.3 Å². The van der Waals surface area contributed by atoms with Gasteiger partial charge in [-0.3, -0.25) is 0 Å². The number of nitrogens with zero attached hydrogens (tertiary/aromatic N) is 2. The van der Waals surface area contributed by atoms with Crippen LogP contribution in [0.3, 0.4) is 0 Å². The second kappa shape index (κ2) is 4.14. The molecule has 2 heteroatoms. The summed E-state index contributed by atoms with van der Waals surface area (Å²) in [6.45, 7) is 9.68. The van der Waals surface area contributed by atoms with Gasteiger partial charge < -0.3 is 9.80 Å². The lowest BCUT2D eigenvalue weighted by molar-refractivity contribution is 0.204. The van der Waals surface area contributed by atoms with E-state index in [1.165, 1.54) is 18.5 Å². The average molecular weight is 182 g/mol. The van der Waals surface area contributed by atoms with Crippen LogP contribution in [0.4, 0.5) is 0 Å². The SMILES string of the molecule is C=C1CC[C@H](CN(C)C(C)C)N1C. The molecular formula is C11H22N2. The minimum absolute atomic E-state index is 0.641. The molecule has 1 saturated heterocycles. The summed E-state index contributed by atoms with van der Waals surface area (Å²) in [4.78, 5) is 4.73. The molecule has 0 aromatic carbocycles. The molecule has 0 aromatic heterocycles. The van der Waals surface area contributed by atoms with E-state index in [1.54, 1.807) is 0 Å². The summed E-state index contributed by atoms with van der Waals surface area (Å²) in [6.07, 6.45) is 2.44. The van der Waals surface area contributed by atoms with Crippen LogP contribution in [-0.2, 0) is 0 Å². The van der Waals surface area contributed by atoms with Crippen molar-refractivity contribution in [3.8, 4) is 0 Å². The van der Waals surface area contributed by atoms with E-state index in [-0.39, 0.29) is 0 Å². The highest BCUT2D eigenvalue weighted by atomic mass is 15.2. The highest BCUT2D eigenvalue weighted by Gasteiger charge is 2.24. The molecule has 0 bridgehead atoms. The Bertz CT molecular complexity index is 187. The van der Waals surface area contributed by atoms with E-state index in [1.807, 2.05) is 0 Å². The van der Waals surface area contributed by atoms with Crippen molar-refractivity contribution < 1.29 is 0 Å². The lowest BCUT2D eigenvalue weighted by atomic mass is 10.2. The summed E-state index contributed by atoms with van der Waals surface area (Å²) < 4.78 is 0. The van der Waals surface area contributed by atoms with Crippen LogP contribution in [0.2, 0.25) is 0 Å². The van der Waals surface area contributed by atoms with Crippen LogP contribution < -0.4 is 0 Å². The molecule has 1 aliphatic rings. The van der Waals surface area contributed by atoms with Gasteiger partial charge >= 0.3 is 0 Å². The minimum atomic E-state index is 0.641. The predicted molar refractivity (Wildman–Crippen MR) is 57.7 cm³/mol. The molecule has 0 N–H and O–H groups in total. The summed E-state index contributed by atoms with van der Waals surface area (Å²) in [5.74, 6) is 0. The highest BCUT2D eigenvalue weighted by Crippen LogP contribution is 2.24. The van der Waals surface area contributed by atoms with Gasteiger partial charge in [0, 0.05) is 31.4 Å². The van der Waals surface area contributed by atoms with Gasteiger partial charge in [0.2, 0.25) is 0 Å². The lowest BCUT2D eigenvalue weighted by Gasteiger charge is -2.29. The Hall–Kier alpha value is -0.500. The van der Waals surface area contributed by atoms with Crippen LogP contribution in [0.5, 0.6) is 0 Å². The van der Waals surface area contributed by atoms with E-state index < -0.39 is 0 Å². The quantitative estimate of drug-likeness (QED) is 0.658. The molecule has 1 aliphatic heterocycles. The van der Waals surface area contributed by atoms with E-state index in [9.17, 15) is 0 Å². The zero-order chi connectivity index (χ0) is 10.0. The first kappa shape index (κ1) is 10.6. The summed E-state index contributed by atoms with van der Waals surface area (Å²) in [7, 11) is 4.35. The van der Waals surface area contributed by atoms with Crippen LogP contribution >= 0.6 is 0 Å². The molecule has 1 atom stereocenters. The molecule has 0 spiro atoms. The molecule has 0 aromatic rings. The van der Waals surface area contributed by atoms with Crippen molar-refractivity contribution in [2.45, 2.75) is 38.8 Å². The van der Waals surface area contributed by atoms with Gasteiger partial charge in [-0.1, -0.05) is 6.58 Å². The Morgan fingerprint density at radius 2 is 2.23 bits per heavy atom. The molecule has 1 rings (SSSR count). The zero-order valence-corrected chi connectivity index (χ0v) is 9.38. The van der Waals surface area contributed by atoms with Crippen LogP contribution in [0, 0.1) is 0 Å². The maximum atomic E-state index is 4.04. The Labute approximate surface area is 82.2 Å². The van der Waals surface area contributed by atoms with Crippen molar-refractivity contribution in [1.29, 1.82) is 0 Å². The van der Waals surface area contributed by atoms with E-state index in [2.05, 4.69) is 44.3 Å². The Morgan fingerprint density at radius 1 is 1.62 bits per heavy atom. The number of rotatable bonds is 3. The number of allylic oxidation sites excluding steroid dienone is 1. The van der Waals surface area contributed by atoms with E-state index in [0.29, 0.717) is 12.1 Å². The van der Waals surface area contributed by atoms with Gasteiger partial charge in [0.15, 0.2) is 0 Å². The Morgan fingerprint density at radius 3 is 2.62 bits per heavy atom. The third kappa shape index (κ3) is 2.47. The summed E-state index contributed by atoms with van der Waals surface area (Å²) in [5.41, 5.74) is 1.29. The molecule has 0 amide bonds. The van der Waals surface area contributed by atoms with Crippen molar-refractivity contribution in [2.75, 3.05) is 20.6 Å². The van der Waals surface area contributed by atoms with E-state index in [4.69, 9.17) is 0 Å². The monoisotopic (exact) mass is 182 g/mol. The molecule has 0 unspecified atom stereocenters. The number of likely N-dealkylation sites (tertiary alicyclic amines) is 1. The van der Waals surface area contributed by atoms with Crippen molar-refractivity contribution in [2.24, 2.45) is 0 Å². The smallest absolute Gasteiger partial charge is 0.0414 e. The lowest BCUT2D eigenvalue weighted by Crippen LogP contribution is -2.39. The first-order chi connectivity index (χ1) is 6.02. The molecule has 0 saturated carbocycles. The standard InChI is InChI=1S/C11H22N2/c1-9(2)12(4)8-11-7-6-10(3)13(11)5/h9,11H,3,6-8H2,1-2,4-5H3/t11-/m1/s1. The molecular weight excluding hydrogens is 160 g/mol. The van der Waals surface area contributed by atoms with Crippen LogP contribution in [0.15, 0.2) is 12.3 Å². The Kier molecular flexibility index (Phi) is 3.37. The molecule has 2 nitrogen and oxygen atoms in total. The maximum absolute atomic E-state index is 4.04. The fourth-order valence-electron chi connectivity index (χ4n) is 1.72. The average Bonchev–Trinajstić information content (AvgIpc) is 2.36. The van der Waals surface area contributed by atoms with Gasteiger partial charge in [-0.05, 0) is 33.7 Å². The molecule has 0 aliphatic carbocycles. The normalized spacial score (nSPS) is 23.7. The number of hydrogen-bond donors (Lipinski definition) is 0. The molecule has 1 fully saturated rings. The second-order valence-corrected chi connectivity index (χ2v) is 4.40. The summed E-state index contributed by atoms with van der Waals surface area (Å²) >= 11 is 0. The zero-order valence-electron chi connectivity index (χ0n) is 9.38. The molecule has 76 valence electrons. The Balaban J connectivity index is 2.42. The molecule has 13 heavy (non-hydrogen) atoms. The first-order valence-electron chi connectivity index (χ1n) is 5.13. The first-order valence-corrected chi connectivity index (χ1v) is 5.13. The number of hydrogen-bond acceptors (Lipinski definition) is 2. The van der Waals surface area contributed by atoms with Crippen molar-refractivity contribution >= 4 is 0 Å². The summed E-state index contributed by atoms with van der Waals surface area (Å²) in [6, 6.07) is 1.32. The van der Waals surface area contributed by atoms with E-state index >= 15 is 0 Å². The third-order valence-corrected chi connectivity index (χ3v) is 3.19. The fourth-order valence-corrected chi connectivity index (χ4v) is 1.72. The van der Waals surface area contributed by atoms with Crippen molar-refractivity contribution in [1.82, 2.24) is 9.80 Å². The van der Waals surface area contributed by atoms with Gasteiger partial charge in [0.25, 0.3) is 0 Å². The van der Waals surface area contributed by atoms with Gasteiger partial charge in [-0.15, -0.1) is 0 Å². The number of likely N-dealkylation sites (N-methyl/N-ethyl adjacent to an activating group) is 2. The predicted octanol–water partition coefficient (Wildman–Crippen LogP) is 1.93. The fraction of sp³-hybridized carbons (Fsp3) is 0.818. The van der Waals surface area contributed by atoms with Crippen LogP contribution in [-0.4, -0.2) is 42.5 Å². The van der Waals surface area contributed by atoms with Crippen molar-refractivity contribution in [3.63, 3.8) is 0 Å². The summed E-state index contributed by atoms with van der Waals surface area (Å²) in [5, 5.41) is 0. The third-order valence-electron chi connectivity index (χ3n) is 3.19. The topological polar surface area (TPSA) is 6.48 Å². The molecule has 1 heterocycles. The molecule has 0 radical (unpaired) electrons. The largest absolute Gasteiger partial charge is 0.374 e. The highest BCUT2D eigenvalue weighted by molar-refractivity contribution is 5.03. The van der Waals surface area contributed by atoms with Crippen LogP contribution in [0.1, 0.15) is 26.7 Å². The van der Waals surface area contributed by atoms with E-state index in [0.717, 1.165) is 6.54 Å². The van der Waals surface area contributed by atoms with Crippen LogP contribution in [0.25, 0.3) is 0 Å². The minimum Gasteiger partial charge on any atom is -0.374 e. The van der Waals surface area contributed by atoms with Gasteiger partial charge in [0.05, 0.1) is 0 Å². The van der Waals surface area contributed by atoms with Gasteiger partial charge in [-0.2, -0.15) is 0 Å². The second-order valence-electron chi connectivity index (χ2n) is 4.40. The van der Waals surface area contributed by atoms with Gasteiger partial charge in [-0.25, -0.2) is 0 Å². The van der Waals surface area contributed by atoms with Gasteiger partial charge in [0.1, 0.15) is 0 Å².